The molecule has 124 valence electrons. The van der Waals surface area contributed by atoms with Gasteiger partial charge in [0.25, 0.3) is 0 Å². The van der Waals surface area contributed by atoms with Gasteiger partial charge < -0.3 is 5.11 Å². The van der Waals surface area contributed by atoms with Crippen molar-refractivity contribution in [2.24, 2.45) is 0 Å². The molecular formula is C17H27NO3S. The minimum atomic E-state index is -3.49. The van der Waals surface area contributed by atoms with E-state index in [1.165, 1.54) is 4.31 Å². The molecular weight excluding hydrogens is 298 g/mol. The van der Waals surface area contributed by atoms with Crippen LogP contribution in [0.25, 0.3) is 0 Å². The van der Waals surface area contributed by atoms with Crippen LogP contribution in [0.3, 0.4) is 0 Å². The second-order valence-electron chi connectivity index (χ2n) is 7.32. The summed E-state index contributed by atoms with van der Waals surface area (Å²) in [6.07, 6.45) is 0.645. The first-order valence-electron chi connectivity index (χ1n) is 7.83. The van der Waals surface area contributed by atoms with Crippen LogP contribution in [0.4, 0.5) is 0 Å². The summed E-state index contributed by atoms with van der Waals surface area (Å²) in [6, 6.07) is 3.97. The zero-order valence-electron chi connectivity index (χ0n) is 14.2. The molecule has 0 radical (unpaired) electrons. The summed E-state index contributed by atoms with van der Waals surface area (Å²) in [5, 5.41) is 9.58. The van der Waals surface area contributed by atoms with E-state index in [9.17, 15) is 13.5 Å². The number of hydrogen-bond donors (Lipinski definition) is 1. The van der Waals surface area contributed by atoms with Gasteiger partial charge >= 0.3 is 0 Å². The predicted molar refractivity (Wildman–Crippen MR) is 88.6 cm³/mol. The molecule has 1 saturated heterocycles. The Hall–Kier alpha value is -0.910. The lowest BCUT2D eigenvalue weighted by Crippen LogP contribution is -2.40. The Morgan fingerprint density at radius 3 is 1.95 bits per heavy atom. The van der Waals surface area contributed by atoms with Crippen molar-refractivity contribution >= 4 is 10.0 Å². The van der Waals surface area contributed by atoms with Gasteiger partial charge in [0, 0.05) is 13.1 Å². The van der Waals surface area contributed by atoms with Crippen LogP contribution in [0.1, 0.15) is 50.3 Å². The normalized spacial score (nSPS) is 18.6. The highest BCUT2D eigenvalue weighted by Crippen LogP contribution is 2.31. The standard InChI is InChI=1S/C17H27NO3S/c1-12-10-14(17(3,4)5)11-13(2)16(12)22(20,21)18-8-6-15(19)7-9-18/h10-11,15,19H,6-9H2,1-5H3. The molecule has 1 fully saturated rings. The van der Waals surface area contributed by atoms with Gasteiger partial charge in [0.15, 0.2) is 0 Å². The molecule has 0 aliphatic carbocycles. The molecule has 0 bridgehead atoms. The molecule has 0 unspecified atom stereocenters. The highest BCUT2D eigenvalue weighted by Gasteiger charge is 2.31. The number of nitrogens with zero attached hydrogens (tertiary/aromatic N) is 1. The van der Waals surface area contributed by atoms with E-state index >= 15 is 0 Å². The molecule has 1 aromatic rings. The summed E-state index contributed by atoms with van der Waals surface area (Å²) in [5.74, 6) is 0. The Labute approximate surface area is 134 Å². The summed E-state index contributed by atoms with van der Waals surface area (Å²) in [5.41, 5.74) is 2.75. The van der Waals surface area contributed by atoms with Crippen molar-refractivity contribution in [2.75, 3.05) is 13.1 Å². The van der Waals surface area contributed by atoms with Crippen LogP contribution < -0.4 is 0 Å². The van der Waals surface area contributed by atoms with Gasteiger partial charge in [-0.25, -0.2) is 8.42 Å². The Balaban J connectivity index is 2.44. The molecule has 2 rings (SSSR count). The lowest BCUT2D eigenvalue weighted by Gasteiger charge is -2.30. The quantitative estimate of drug-likeness (QED) is 0.909. The third-order valence-corrected chi connectivity index (χ3v) is 6.55. The van der Waals surface area contributed by atoms with E-state index in [1.807, 2.05) is 26.0 Å². The van der Waals surface area contributed by atoms with Gasteiger partial charge in [0.1, 0.15) is 0 Å². The minimum absolute atomic E-state index is 0.00690. The molecule has 0 atom stereocenters. The van der Waals surface area contributed by atoms with E-state index in [-0.39, 0.29) is 11.5 Å². The average molecular weight is 325 g/mol. The van der Waals surface area contributed by atoms with Crippen molar-refractivity contribution in [3.63, 3.8) is 0 Å². The third kappa shape index (κ3) is 3.36. The minimum Gasteiger partial charge on any atom is -0.393 e. The fourth-order valence-electron chi connectivity index (χ4n) is 3.00. The second kappa shape index (κ2) is 5.95. The Kier molecular flexibility index (Phi) is 4.71. The first-order valence-corrected chi connectivity index (χ1v) is 9.27. The molecule has 5 heteroatoms. The van der Waals surface area contributed by atoms with E-state index in [0.717, 1.165) is 16.7 Å². The molecule has 1 aliphatic heterocycles. The molecule has 0 aromatic heterocycles. The topological polar surface area (TPSA) is 57.6 Å². The van der Waals surface area contributed by atoms with Crippen molar-refractivity contribution < 1.29 is 13.5 Å². The van der Waals surface area contributed by atoms with Crippen molar-refractivity contribution in [1.29, 1.82) is 0 Å². The van der Waals surface area contributed by atoms with E-state index in [4.69, 9.17) is 0 Å². The SMILES string of the molecule is Cc1cc(C(C)(C)C)cc(C)c1S(=O)(=O)N1CCC(O)CC1. The molecule has 1 aliphatic rings. The smallest absolute Gasteiger partial charge is 0.243 e. The molecule has 4 nitrogen and oxygen atoms in total. The number of hydrogen-bond acceptors (Lipinski definition) is 3. The van der Waals surface area contributed by atoms with Crippen molar-refractivity contribution in [1.82, 2.24) is 4.31 Å². The van der Waals surface area contributed by atoms with Crippen LogP contribution in [0.15, 0.2) is 17.0 Å². The fourth-order valence-corrected chi connectivity index (χ4v) is 4.88. The summed E-state index contributed by atoms with van der Waals surface area (Å²) >= 11 is 0. The highest BCUT2D eigenvalue weighted by atomic mass is 32.2. The summed E-state index contributed by atoms with van der Waals surface area (Å²) in [4.78, 5) is 0.428. The van der Waals surface area contributed by atoms with Crippen LogP contribution in [0, 0.1) is 13.8 Å². The lowest BCUT2D eigenvalue weighted by atomic mass is 9.85. The van der Waals surface area contributed by atoms with Gasteiger partial charge in [-0.1, -0.05) is 32.9 Å². The van der Waals surface area contributed by atoms with Gasteiger partial charge in [-0.3, -0.25) is 0 Å². The van der Waals surface area contributed by atoms with Crippen molar-refractivity contribution in [2.45, 2.75) is 63.9 Å². The highest BCUT2D eigenvalue weighted by molar-refractivity contribution is 7.89. The van der Waals surface area contributed by atoms with Crippen LogP contribution in [-0.2, 0) is 15.4 Å². The molecule has 0 spiro atoms. The van der Waals surface area contributed by atoms with Gasteiger partial charge in [0.2, 0.25) is 10.0 Å². The molecule has 0 amide bonds. The average Bonchev–Trinajstić information content (AvgIpc) is 2.36. The molecule has 22 heavy (non-hydrogen) atoms. The number of aliphatic hydroxyl groups excluding tert-OH is 1. The molecule has 1 aromatic carbocycles. The monoisotopic (exact) mass is 325 g/mol. The van der Waals surface area contributed by atoms with Gasteiger partial charge in [0.05, 0.1) is 11.0 Å². The number of aryl methyl sites for hydroxylation is 2. The fraction of sp³-hybridized carbons (Fsp3) is 0.647. The zero-order valence-corrected chi connectivity index (χ0v) is 15.0. The number of sulfonamides is 1. The number of benzene rings is 1. The molecule has 0 saturated carbocycles. The summed E-state index contributed by atoms with van der Waals surface area (Å²) in [7, 11) is -3.49. The maximum atomic E-state index is 12.9. The van der Waals surface area contributed by atoms with Crippen LogP contribution in [-0.4, -0.2) is 37.0 Å². The van der Waals surface area contributed by atoms with E-state index in [2.05, 4.69) is 20.8 Å². The van der Waals surface area contributed by atoms with Gasteiger partial charge in [-0.15, -0.1) is 0 Å². The van der Waals surface area contributed by atoms with E-state index < -0.39 is 10.0 Å². The largest absolute Gasteiger partial charge is 0.393 e. The lowest BCUT2D eigenvalue weighted by molar-refractivity contribution is 0.113. The predicted octanol–water partition coefficient (Wildman–Crippen LogP) is 2.75. The Bertz CT molecular complexity index is 628. The number of rotatable bonds is 2. The van der Waals surface area contributed by atoms with E-state index in [0.29, 0.717) is 30.8 Å². The van der Waals surface area contributed by atoms with Crippen LogP contribution >= 0.6 is 0 Å². The second-order valence-corrected chi connectivity index (χ2v) is 9.20. The van der Waals surface area contributed by atoms with Crippen molar-refractivity contribution in [3.05, 3.63) is 28.8 Å². The molecule has 1 heterocycles. The zero-order chi connectivity index (χ0) is 16.7. The first-order chi connectivity index (χ1) is 10.0. The summed E-state index contributed by atoms with van der Waals surface area (Å²) < 4.78 is 27.4. The summed E-state index contributed by atoms with van der Waals surface area (Å²) in [6.45, 7) is 10.9. The van der Waals surface area contributed by atoms with Crippen LogP contribution in [0.2, 0.25) is 0 Å². The number of aliphatic hydroxyl groups is 1. The van der Waals surface area contributed by atoms with Crippen molar-refractivity contribution in [3.8, 4) is 0 Å². The first kappa shape index (κ1) is 17.4. The number of piperidine rings is 1. The maximum absolute atomic E-state index is 12.9. The van der Waals surface area contributed by atoms with E-state index in [1.54, 1.807) is 0 Å². The van der Waals surface area contributed by atoms with Crippen LogP contribution in [0.5, 0.6) is 0 Å². The Morgan fingerprint density at radius 1 is 1.09 bits per heavy atom. The van der Waals surface area contributed by atoms with Gasteiger partial charge in [-0.05, 0) is 48.8 Å². The van der Waals surface area contributed by atoms with Gasteiger partial charge in [-0.2, -0.15) is 4.31 Å². The Morgan fingerprint density at radius 2 is 1.55 bits per heavy atom. The third-order valence-electron chi connectivity index (χ3n) is 4.35. The molecule has 1 N–H and O–H groups in total. The maximum Gasteiger partial charge on any atom is 0.243 e.